The Morgan fingerprint density at radius 1 is 1.30 bits per heavy atom. The van der Waals surface area contributed by atoms with Crippen LogP contribution in [0.5, 0.6) is 0 Å². The van der Waals surface area contributed by atoms with E-state index in [9.17, 15) is 9.59 Å². The minimum absolute atomic E-state index is 0.256. The Bertz CT molecular complexity index is 533. The molecule has 1 aromatic carbocycles. The summed E-state index contributed by atoms with van der Waals surface area (Å²) < 4.78 is 6.00. The highest BCUT2D eigenvalue weighted by Crippen LogP contribution is 2.31. The number of amides is 1. The van der Waals surface area contributed by atoms with E-state index in [0.717, 1.165) is 0 Å². The second kappa shape index (κ2) is 7.19. The maximum absolute atomic E-state index is 12.1. The van der Waals surface area contributed by atoms with Crippen LogP contribution in [0.4, 0.5) is 5.69 Å². The molecular formula is C13H16Br2N2O3. The number of esters is 1. The second-order valence-corrected chi connectivity index (χ2v) is 6.21. The van der Waals surface area contributed by atoms with Crippen molar-refractivity contribution in [2.45, 2.75) is 19.9 Å². The highest BCUT2D eigenvalue weighted by atomic mass is 79.9. The van der Waals surface area contributed by atoms with Crippen molar-refractivity contribution in [2.75, 3.05) is 12.4 Å². The number of ether oxygens (including phenoxy) is 1. The van der Waals surface area contributed by atoms with Crippen LogP contribution in [0.1, 0.15) is 24.2 Å². The molecule has 1 amide bonds. The first kappa shape index (κ1) is 17.1. The van der Waals surface area contributed by atoms with Crippen molar-refractivity contribution >= 4 is 49.4 Å². The molecule has 2 unspecified atom stereocenters. The maximum Gasteiger partial charge on any atom is 0.340 e. The van der Waals surface area contributed by atoms with Crippen LogP contribution in [0.2, 0.25) is 0 Å². The van der Waals surface area contributed by atoms with Crippen molar-refractivity contribution in [1.82, 2.24) is 0 Å². The smallest absolute Gasteiger partial charge is 0.340 e. The second-order valence-electron chi connectivity index (χ2n) is 4.44. The summed E-state index contributed by atoms with van der Waals surface area (Å²) in [6, 6.07) is 3.03. The fourth-order valence-electron chi connectivity index (χ4n) is 1.45. The van der Waals surface area contributed by atoms with Gasteiger partial charge in [0.2, 0.25) is 5.91 Å². The van der Waals surface area contributed by atoms with E-state index in [1.165, 1.54) is 7.11 Å². The van der Waals surface area contributed by atoms with Gasteiger partial charge in [-0.05, 0) is 35.0 Å². The summed E-state index contributed by atoms with van der Waals surface area (Å²) in [6.07, 6.45) is 0. The number of anilines is 1. The van der Waals surface area contributed by atoms with E-state index in [4.69, 9.17) is 10.5 Å². The Labute approximate surface area is 134 Å². The number of benzene rings is 1. The molecule has 0 saturated heterocycles. The summed E-state index contributed by atoms with van der Waals surface area (Å²) >= 11 is 6.62. The number of nitrogens with two attached hydrogens (primary N) is 1. The summed E-state index contributed by atoms with van der Waals surface area (Å²) in [4.78, 5) is 23.9. The molecule has 110 valence electrons. The molecule has 1 rings (SSSR count). The molecule has 5 nitrogen and oxygen atoms in total. The first-order chi connectivity index (χ1) is 9.27. The minimum Gasteiger partial charge on any atom is -0.465 e. The summed E-state index contributed by atoms with van der Waals surface area (Å²) in [6.45, 7) is 3.48. The molecule has 0 fully saturated rings. The van der Waals surface area contributed by atoms with E-state index in [1.54, 1.807) is 26.0 Å². The molecule has 0 radical (unpaired) electrons. The first-order valence-corrected chi connectivity index (χ1v) is 7.50. The van der Waals surface area contributed by atoms with Crippen LogP contribution in [0.3, 0.4) is 0 Å². The van der Waals surface area contributed by atoms with Gasteiger partial charge in [0.15, 0.2) is 0 Å². The lowest BCUT2D eigenvalue weighted by atomic mass is 10.0. The topological polar surface area (TPSA) is 81.4 Å². The molecule has 0 spiro atoms. The third-order valence-electron chi connectivity index (χ3n) is 2.91. The number of halogens is 2. The highest BCUT2D eigenvalue weighted by Gasteiger charge is 2.22. The molecule has 2 atom stereocenters. The van der Waals surface area contributed by atoms with Gasteiger partial charge in [0.05, 0.1) is 24.3 Å². The average Bonchev–Trinajstić information content (AvgIpc) is 2.39. The standard InChI is InChI=1S/C13H16Br2N2O3/c1-6(7(2)16)12(18)17-11-9(13(19)20-3)4-8(14)5-10(11)15/h4-7H,16H2,1-3H3,(H,17,18). The van der Waals surface area contributed by atoms with Crippen LogP contribution < -0.4 is 11.1 Å². The Morgan fingerprint density at radius 3 is 2.40 bits per heavy atom. The van der Waals surface area contributed by atoms with Crippen LogP contribution in [-0.2, 0) is 9.53 Å². The largest absolute Gasteiger partial charge is 0.465 e. The molecule has 0 aromatic heterocycles. The van der Waals surface area contributed by atoms with Gasteiger partial charge in [-0.25, -0.2) is 4.79 Å². The van der Waals surface area contributed by atoms with Crippen LogP contribution in [0.15, 0.2) is 21.1 Å². The van der Waals surface area contributed by atoms with Gasteiger partial charge in [-0.1, -0.05) is 22.9 Å². The van der Waals surface area contributed by atoms with Gasteiger partial charge in [-0.2, -0.15) is 0 Å². The fourth-order valence-corrected chi connectivity index (χ4v) is 2.77. The van der Waals surface area contributed by atoms with Crippen molar-refractivity contribution in [3.8, 4) is 0 Å². The summed E-state index contributed by atoms with van der Waals surface area (Å²) in [7, 11) is 1.29. The number of hydrogen-bond donors (Lipinski definition) is 2. The average molecular weight is 408 g/mol. The van der Waals surface area contributed by atoms with Crippen LogP contribution in [-0.4, -0.2) is 25.0 Å². The maximum atomic E-state index is 12.1. The van der Waals surface area contributed by atoms with E-state index in [-0.39, 0.29) is 23.4 Å². The Kier molecular flexibility index (Phi) is 6.16. The van der Waals surface area contributed by atoms with Crippen molar-refractivity contribution in [3.63, 3.8) is 0 Å². The molecule has 0 bridgehead atoms. The molecule has 0 saturated carbocycles. The number of hydrogen-bond acceptors (Lipinski definition) is 4. The van der Waals surface area contributed by atoms with Gasteiger partial charge in [0, 0.05) is 15.0 Å². The van der Waals surface area contributed by atoms with Crippen molar-refractivity contribution in [3.05, 3.63) is 26.6 Å². The van der Waals surface area contributed by atoms with E-state index in [1.807, 2.05) is 0 Å². The van der Waals surface area contributed by atoms with E-state index in [0.29, 0.717) is 14.6 Å². The molecule has 7 heteroatoms. The summed E-state index contributed by atoms with van der Waals surface area (Å²) in [5, 5.41) is 2.71. The van der Waals surface area contributed by atoms with Crippen molar-refractivity contribution < 1.29 is 14.3 Å². The van der Waals surface area contributed by atoms with E-state index >= 15 is 0 Å². The number of nitrogens with one attached hydrogen (secondary N) is 1. The monoisotopic (exact) mass is 406 g/mol. The normalized spacial score (nSPS) is 13.5. The number of methoxy groups -OCH3 is 1. The van der Waals surface area contributed by atoms with Gasteiger partial charge in [0.1, 0.15) is 0 Å². The lowest BCUT2D eigenvalue weighted by molar-refractivity contribution is -0.119. The fraction of sp³-hybridized carbons (Fsp3) is 0.385. The van der Waals surface area contributed by atoms with Crippen LogP contribution >= 0.6 is 31.9 Å². The molecule has 3 N–H and O–H groups in total. The SMILES string of the molecule is COC(=O)c1cc(Br)cc(Br)c1NC(=O)C(C)C(C)N. The highest BCUT2D eigenvalue weighted by molar-refractivity contribution is 9.11. The summed E-state index contributed by atoms with van der Waals surface area (Å²) in [5.41, 5.74) is 6.34. The van der Waals surface area contributed by atoms with Crippen molar-refractivity contribution in [1.29, 1.82) is 0 Å². The molecule has 0 aliphatic carbocycles. The lowest BCUT2D eigenvalue weighted by Gasteiger charge is -2.18. The first-order valence-electron chi connectivity index (χ1n) is 5.91. The zero-order valence-corrected chi connectivity index (χ0v) is 14.5. The zero-order chi connectivity index (χ0) is 15.4. The van der Waals surface area contributed by atoms with Gasteiger partial charge in [0.25, 0.3) is 0 Å². The quantitative estimate of drug-likeness (QED) is 0.751. The van der Waals surface area contributed by atoms with Gasteiger partial charge in [-0.3, -0.25) is 4.79 Å². The van der Waals surface area contributed by atoms with E-state index in [2.05, 4.69) is 37.2 Å². The molecule has 0 aliphatic rings. The van der Waals surface area contributed by atoms with Crippen LogP contribution in [0.25, 0.3) is 0 Å². The Balaban J connectivity index is 3.17. The molecule has 0 heterocycles. The lowest BCUT2D eigenvalue weighted by Crippen LogP contribution is -2.34. The third kappa shape index (κ3) is 4.04. The molecule has 1 aromatic rings. The predicted molar refractivity (Wildman–Crippen MR) is 84.6 cm³/mol. The molecule has 0 aliphatic heterocycles. The summed E-state index contributed by atoms with van der Waals surface area (Å²) in [5.74, 6) is -1.17. The number of carbonyl (C=O) groups excluding carboxylic acids is 2. The molecule has 20 heavy (non-hydrogen) atoms. The Morgan fingerprint density at radius 2 is 1.90 bits per heavy atom. The van der Waals surface area contributed by atoms with E-state index < -0.39 is 5.97 Å². The Hall–Kier alpha value is -0.920. The molecular weight excluding hydrogens is 392 g/mol. The minimum atomic E-state index is -0.532. The van der Waals surface area contributed by atoms with Gasteiger partial charge >= 0.3 is 5.97 Å². The third-order valence-corrected chi connectivity index (χ3v) is 3.99. The van der Waals surface area contributed by atoms with Crippen LogP contribution in [0, 0.1) is 5.92 Å². The number of rotatable bonds is 4. The zero-order valence-electron chi connectivity index (χ0n) is 11.4. The number of carbonyl (C=O) groups is 2. The van der Waals surface area contributed by atoms with Gasteiger partial charge < -0.3 is 15.8 Å². The van der Waals surface area contributed by atoms with Crippen molar-refractivity contribution in [2.24, 2.45) is 11.7 Å². The van der Waals surface area contributed by atoms with Gasteiger partial charge in [-0.15, -0.1) is 0 Å². The predicted octanol–water partition coefficient (Wildman–Crippen LogP) is 2.92.